The highest BCUT2D eigenvalue weighted by Gasteiger charge is 2.37. The van der Waals surface area contributed by atoms with Gasteiger partial charge in [0.25, 0.3) is 5.95 Å². The molecule has 35 heavy (non-hydrogen) atoms. The highest BCUT2D eigenvalue weighted by Crippen LogP contribution is 2.32. The Bertz CT molecular complexity index is 1470. The average Bonchev–Trinajstić information content (AvgIpc) is 3.21. The number of nitrogens with one attached hydrogen (secondary N) is 1. The number of aliphatic carboxylic acids is 1. The van der Waals surface area contributed by atoms with Gasteiger partial charge in [-0.2, -0.15) is 4.99 Å². The lowest BCUT2D eigenvalue weighted by Crippen LogP contribution is -2.58. The number of rotatable bonds is 4. The number of hydrogen-bond donors (Lipinski definition) is 2. The van der Waals surface area contributed by atoms with Crippen LogP contribution in [0.15, 0.2) is 53.5 Å². The molecule has 1 amide bonds. The Hall–Kier alpha value is -4.18. The number of benzene rings is 2. The van der Waals surface area contributed by atoms with E-state index in [1.165, 1.54) is 10.5 Å². The summed E-state index contributed by atoms with van der Waals surface area (Å²) >= 11 is 1.60. The van der Waals surface area contributed by atoms with Crippen molar-refractivity contribution in [3.8, 4) is 10.6 Å². The van der Waals surface area contributed by atoms with Crippen LogP contribution in [0.5, 0.6) is 0 Å². The highest BCUT2D eigenvalue weighted by atomic mass is 32.1. The first-order valence-electron chi connectivity index (χ1n) is 11.0. The fourth-order valence-electron chi connectivity index (χ4n) is 4.00. The Labute approximate surface area is 205 Å². The van der Waals surface area contributed by atoms with E-state index in [2.05, 4.69) is 26.3 Å². The van der Waals surface area contributed by atoms with Crippen LogP contribution in [0, 0.1) is 20.8 Å². The van der Waals surface area contributed by atoms with Gasteiger partial charge in [0, 0.05) is 22.6 Å². The summed E-state index contributed by atoms with van der Waals surface area (Å²) in [6, 6.07) is 14.2. The predicted molar refractivity (Wildman–Crippen MR) is 135 cm³/mol. The molecular weight excluding hydrogens is 464 g/mol. The second-order valence-electron chi connectivity index (χ2n) is 8.40. The van der Waals surface area contributed by atoms with Crippen LogP contribution in [0.1, 0.15) is 23.4 Å². The molecule has 176 valence electrons. The molecule has 4 aromatic rings. The minimum absolute atomic E-state index is 0.0712. The summed E-state index contributed by atoms with van der Waals surface area (Å²) in [5.41, 5.74) is 5.03. The summed E-state index contributed by atoms with van der Waals surface area (Å²) in [5, 5.41) is 13.4. The second kappa shape index (κ2) is 8.88. The molecule has 0 radical (unpaired) electrons. The summed E-state index contributed by atoms with van der Waals surface area (Å²) in [6.07, 6.45) is -0.207. The Balaban J connectivity index is 1.54. The first kappa shape index (κ1) is 22.6. The smallest absolute Gasteiger partial charge is 0.327 e. The molecule has 0 spiro atoms. The van der Waals surface area contributed by atoms with Crippen molar-refractivity contribution in [3.63, 3.8) is 0 Å². The lowest BCUT2D eigenvalue weighted by molar-refractivity contribution is -0.140. The topological polar surface area (TPSA) is 121 Å². The van der Waals surface area contributed by atoms with Gasteiger partial charge in [-0.15, -0.1) is 11.3 Å². The normalized spacial score (nSPS) is 17.1. The molecule has 2 N–H and O–H groups in total. The van der Waals surface area contributed by atoms with Crippen molar-refractivity contribution in [1.82, 2.24) is 20.3 Å². The zero-order chi connectivity index (χ0) is 24.7. The molecule has 9 nitrogen and oxygen atoms in total. The van der Waals surface area contributed by atoms with Gasteiger partial charge in [0.1, 0.15) is 11.0 Å². The number of thiazole rings is 1. The molecule has 0 aliphatic carbocycles. The number of carbonyl (C=O) groups is 2. The molecule has 1 fully saturated rings. The summed E-state index contributed by atoms with van der Waals surface area (Å²) in [4.78, 5) is 43.6. The molecule has 5 rings (SSSR count). The first-order valence-corrected chi connectivity index (χ1v) is 11.8. The molecule has 1 aliphatic heterocycles. The highest BCUT2D eigenvalue weighted by molar-refractivity contribution is 7.21. The Morgan fingerprint density at radius 3 is 2.46 bits per heavy atom. The number of aromatic nitrogens is 3. The number of aliphatic imine (C=N–C) groups is 1. The zero-order valence-electron chi connectivity index (χ0n) is 19.3. The number of carbonyl (C=O) groups excluding carboxylic acids is 1. The third-order valence-corrected chi connectivity index (χ3v) is 6.63. The van der Waals surface area contributed by atoms with Gasteiger partial charge in [-0.3, -0.25) is 15.0 Å². The maximum absolute atomic E-state index is 12.3. The molecule has 0 bridgehead atoms. The van der Waals surface area contributed by atoms with Gasteiger partial charge in [-0.25, -0.2) is 19.7 Å². The number of hydrogen-bond acceptors (Lipinski definition) is 7. The Kier molecular flexibility index (Phi) is 5.73. The van der Waals surface area contributed by atoms with Crippen molar-refractivity contribution >= 4 is 51.0 Å². The number of anilines is 1. The Morgan fingerprint density at radius 1 is 1.06 bits per heavy atom. The van der Waals surface area contributed by atoms with Crippen molar-refractivity contribution in [2.24, 2.45) is 4.99 Å². The largest absolute Gasteiger partial charge is 0.480 e. The lowest BCUT2D eigenvalue weighted by atomic mass is 10.1. The standard InChI is InChI=1S/C25H22N6O3S/c1-13-4-9-18-20(10-13)35-22(28-18)16-5-7-17(8-6-16)31-19(23(33)34)12-21(32)29-25(31)30-24-26-14(2)11-15(3)27-24/h4-11,19H,12H2,1-3H3,(H,33,34)(H,26,27,29,30,32)/t19-/m1/s1. The van der Waals surface area contributed by atoms with Crippen molar-refractivity contribution in [3.05, 3.63) is 65.5 Å². The molecule has 1 saturated heterocycles. The number of carboxylic acids is 1. The number of carboxylic acid groups (broad SMARTS) is 1. The maximum atomic E-state index is 12.3. The predicted octanol–water partition coefficient (Wildman–Crippen LogP) is 4.15. The van der Waals surface area contributed by atoms with Gasteiger partial charge >= 0.3 is 5.97 Å². The zero-order valence-corrected chi connectivity index (χ0v) is 20.1. The van der Waals surface area contributed by atoms with Crippen molar-refractivity contribution < 1.29 is 14.7 Å². The summed E-state index contributed by atoms with van der Waals surface area (Å²) in [5.74, 6) is -1.34. The van der Waals surface area contributed by atoms with Crippen LogP contribution in [0.25, 0.3) is 20.8 Å². The number of fused-ring (bicyclic) bond motifs is 1. The van der Waals surface area contributed by atoms with Gasteiger partial charge in [0.15, 0.2) is 0 Å². The molecule has 10 heteroatoms. The molecule has 0 unspecified atom stereocenters. The van der Waals surface area contributed by atoms with Gasteiger partial charge in [-0.1, -0.05) is 6.07 Å². The third-order valence-electron chi connectivity index (χ3n) is 5.57. The minimum atomic E-state index is -1.13. The van der Waals surface area contributed by atoms with Crippen LogP contribution >= 0.6 is 11.3 Å². The molecule has 0 saturated carbocycles. The quantitative estimate of drug-likeness (QED) is 0.445. The van der Waals surface area contributed by atoms with Gasteiger partial charge < -0.3 is 5.11 Å². The van der Waals surface area contributed by atoms with Gasteiger partial charge in [0.05, 0.1) is 16.6 Å². The van der Waals surface area contributed by atoms with Crippen molar-refractivity contribution in [1.29, 1.82) is 0 Å². The van der Waals surface area contributed by atoms with Crippen LogP contribution in [-0.2, 0) is 9.59 Å². The molecule has 3 heterocycles. The van der Waals surface area contributed by atoms with E-state index in [-0.39, 0.29) is 18.3 Å². The Morgan fingerprint density at radius 2 is 1.77 bits per heavy atom. The second-order valence-corrected chi connectivity index (χ2v) is 9.43. The van der Waals surface area contributed by atoms with Crippen LogP contribution in [0.3, 0.4) is 0 Å². The monoisotopic (exact) mass is 486 g/mol. The van der Waals surface area contributed by atoms with Gasteiger partial charge in [0.2, 0.25) is 11.9 Å². The molecule has 2 aromatic carbocycles. The summed E-state index contributed by atoms with van der Waals surface area (Å²) in [7, 11) is 0. The van der Waals surface area contributed by atoms with Crippen molar-refractivity contribution in [2.45, 2.75) is 33.2 Å². The molecular formula is C25H22N6O3S. The van der Waals surface area contributed by atoms with Crippen LogP contribution < -0.4 is 10.2 Å². The van der Waals surface area contributed by atoms with Crippen LogP contribution in [0.2, 0.25) is 0 Å². The first-order chi connectivity index (χ1) is 16.8. The van der Waals surface area contributed by atoms with E-state index >= 15 is 0 Å². The van der Waals surface area contributed by atoms with E-state index in [0.29, 0.717) is 5.69 Å². The van der Waals surface area contributed by atoms with Gasteiger partial charge in [-0.05, 0) is 68.8 Å². The minimum Gasteiger partial charge on any atom is -0.480 e. The van der Waals surface area contributed by atoms with E-state index in [4.69, 9.17) is 4.98 Å². The van der Waals surface area contributed by atoms with Crippen molar-refractivity contribution in [2.75, 3.05) is 4.90 Å². The van der Waals surface area contributed by atoms with E-state index < -0.39 is 17.9 Å². The summed E-state index contributed by atoms with van der Waals surface area (Å²) < 4.78 is 1.11. The van der Waals surface area contributed by atoms with Crippen LogP contribution in [0.4, 0.5) is 11.6 Å². The maximum Gasteiger partial charge on any atom is 0.327 e. The number of nitrogens with zero attached hydrogens (tertiary/aromatic N) is 5. The molecule has 1 aliphatic rings. The summed E-state index contributed by atoms with van der Waals surface area (Å²) in [6.45, 7) is 5.68. The number of aryl methyl sites for hydroxylation is 3. The van der Waals surface area contributed by atoms with E-state index in [1.807, 2.05) is 51.1 Å². The molecule has 1 atom stereocenters. The lowest BCUT2D eigenvalue weighted by Gasteiger charge is -2.35. The van der Waals surface area contributed by atoms with E-state index in [1.54, 1.807) is 23.5 Å². The number of guanidine groups is 1. The SMILES string of the molecule is Cc1ccc2nc(-c3ccc(N4/C(=N/c5nc(C)cc(C)n5)NC(=O)C[C@@H]4C(=O)O)cc3)sc2c1. The van der Waals surface area contributed by atoms with E-state index in [0.717, 1.165) is 32.2 Å². The van der Waals surface area contributed by atoms with Crippen LogP contribution in [-0.4, -0.2) is 43.9 Å². The third kappa shape index (κ3) is 4.60. The fraction of sp³-hybridized carbons (Fsp3) is 0.200. The number of amides is 1. The van der Waals surface area contributed by atoms with E-state index in [9.17, 15) is 14.7 Å². The molecule has 2 aromatic heterocycles. The fourth-order valence-corrected chi connectivity index (χ4v) is 5.07. The average molecular weight is 487 g/mol.